The summed E-state index contributed by atoms with van der Waals surface area (Å²) in [5, 5.41) is 0. The summed E-state index contributed by atoms with van der Waals surface area (Å²) in [4.78, 5) is 14.4. The fraction of sp³-hybridized carbons (Fsp3) is 0.552. The molecule has 6 nitrogen and oxygen atoms in total. The zero-order valence-corrected chi connectivity index (χ0v) is 22.0. The number of hydrogen-bond acceptors (Lipinski definition) is 6. The summed E-state index contributed by atoms with van der Waals surface area (Å²) in [6.45, 7) is 14.1. The SMILES string of the molecule is CCCCOc1ccc(COc2ccc(C3CN(CCC(=O)OC(C)(C)C)CCO3)c(C)c2)cc1. The number of rotatable bonds is 11. The van der Waals surface area contributed by atoms with E-state index >= 15 is 0 Å². The number of nitrogens with zero attached hydrogens (tertiary/aromatic N) is 1. The van der Waals surface area contributed by atoms with Crippen LogP contribution in [0.5, 0.6) is 11.5 Å². The van der Waals surface area contributed by atoms with Gasteiger partial charge < -0.3 is 18.9 Å². The van der Waals surface area contributed by atoms with Crippen molar-refractivity contribution in [2.45, 2.75) is 72.2 Å². The van der Waals surface area contributed by atoms with Crippen LogP contribution in [0.3, 0.4) is 0 Å². The topological polar surface area (TPSA) is 57.2 Å². The maximum Gasteiger partial charge on any atom is 0.307 e. The molecule has 1 fully saturated rings. The van der Waals surface area contributed by atoms with Crippen LogP contribution in [0, 0.1) is 6.92 Å². The zero-order valence-electron chi connectivity index (χ0n) is 22.0. The second kappa shape index (κ2) is 12.9. The Morgan fingerprint density at radius 1 is 1.09 bits per heavy atom. The van der Waals surface area contributed by atoms with Crippen molar-refractivity contribution in [3.8, 4) is 11.5 Å². The maximum absolute atomic E-state index is 12.1. The van der Waals surface area contributed by atoms with Gasteiger partial charge in [-0.05, 0) is 75.1 Å². The van der Waals surface area contributed by atoms with Crippen molar-refractivity contribution < 1.29 is 23.7 Å². The zero-order chi connectivity index (χ0) is 25.3. The van der Waals surface area contributed by atoms with E-state index in [0.717, 1.165) is 60.7 Å². The van der Waals surface area contributed by atoms with E-state index in [2.05, 4.69) is 30.9 Å². The number of hydrogen-bond donors (Lipinski definition) is 0. The largest absolute Gasteiger partial charge is 0.494 e. The lowest BCUT2D eigenvalue weighted by atomic mass is 10.0. The highest BCUT2D eigenvalue weighted by Gasteiger charge is 2.24. The van der Waals surface area contributed by atoms with Crippen LogP contribution < -0.4 is 9.47 Å². The van der Waals surface area contributed by atoms with E-state index in [1.165, 1.54) is 0 Å². The van der Waals surface area contributed by atoms with Gasteiger partial charge in [0.15, 0.2) is 0 Å². The van der Waals surface area contributed by atoms with Crippen molar-refractivity contribution in [3.63, 3.8) is 0 Å². The van der Waals surface area contributed by atoms with Crippen LogP contribution in [0.1, 0.15) is 69.8 Å². The second-order valence-corrected chi connectivity index (χ2v) is 10.1. The van der Waals surface area contributed by atoms with Gasteiger partial charge in [-0.2, -0.15) is 0 Å². The number of morpholine rings is 1. The van der Waals surface area contributed by atoms with E-state index in [9.17, 15) is 4.79 Å². The average Bonchev–Trinajstić information content (AvgIpc) is 2.82. The van der Waals surface area contributed by atoms with Gasteiger partial charge in [-0.15, -0.1) is 0 Å². The summed E-state index contributed by atoms with van der Waals surface area (Å²) >= 11 is 0. The summed E-state index contributed by atoms with van der Waals surface area (Å²) in [5.74, 6) is 1.58. The minimum absolute atomic E-state index is 0.0170. The number of ether oxygens (including phenoxy) is 4. The Labute approximate surface area is 210 Å². The molecular weight excluding hydrogens is 442 g/mol. The van der Waals surface area contributed by atoms with Gasteiger partial charge >= 0.3 is 5.97 Å². The molecule has 2 aromatic carbocycles. The molecule has 0 radical (unpaired) electrons. The Bertz CT molecular complexity index is 935. The first-order valence-electron chi connectivity index (χ1n) is 12.7. The molecule has 192 valence electrons. The highest BCUT2D eigenvalue weighted by Crippen LogP contribution is 2.28. The van der Waals surface area contributed by atoms with E-state index < -0.39 is 5.60 Å². The van der Waals surface area contributed by atoms with Gasteiger partial charge in [0.1, 0.15) is 23.7 Å². The van der Waals surface area contributed by atoms with Crippen molar-refractivity contribution in [2.75, 3.05) is 32.8 Å². The predicted octanol–water partition coefficient (Wildman–Crippen LogP) is 5.86. The molecule has 0 bridgehead atoms. The summed E-state index contributed by atoms with van der Waals surface area (Å²) in [7, 11) is 0. The third-order valence-electron chi connectivity index (χ3n) is 5.89. The fourth-order valence-corrected chi connectivity index (χ4v) is 4.02. The van der Waals surface area contributed by atoms with Gasteiger partial charge in [-0.3, -0.25) is 9.69 Å². The molecule has 3 rings (SSSR count). The van der Waals surface area contributed by atoms with Crippen LogP contribution >= 0.6 is 0 Å². The number of carbonyl (C=O) groups is 1. The molecule has 0 aromatic heterocycles. The van der Waals surface area contributed by atoms with Gasteiger partial charge in [-0.1, -0.05) is 31.5 Å². The third kappa shape index (κ3) is 9.19. The quantitative estimate of drug-likeness (QED) is 0.295. The predicted molar refractivity (Wildman–Crippen MR) is 138 cm³/mol. The molecule has 1 unspecified atom stereocenters. The lowest BCUT2D eigenvalue weighted by Crippen LogP contribution is -2.40. The fourth-order valence-electron chi connectivity index (χ4n) is 4.02. The van der Waals surface area contributed by atoms with Crippen LogP contribution in [0.25, 0.3) is 0 Å². The maximum atomic E-state index is 12.1. The molecule has 2 aromatic rings. The van der Waals surface area contributed by atoms with E-state index in [0.29, 0.717) is 26.2 Å². The summed E-state index contributed by atoms with van der Waals surface area (Å²) in [5.41, 5.74) is 2.96. The number of esters is 1. The molecule has 35 heavy (non-hydrogen) atoms. The van der Waals surface area contributed by atoms with Crippen LogP contribution in [-0.2, 0) is 20.9 Å². The third-order valence-corrected chi connectivity index (χ3v) is 5.89. The smallest absolute Gasteiger partial charge is 0.307 e. The molecule has 1 saturated heterocycles. The number of carbonyl (C=O) groups excluding carboxylic acids is 1. The average molecular weight is 484 g/mol. The highest BCUT2D eigenvalue weighted by atomic mass is 16.6. The lowest BCUT2D eigenvalue weighted by Gasteiger charge is -2.33. The molecular formula is C29H41NO5. The van der Waals surface area contributed by atoms with Gasteiger partial charge in [0.2, 0.25) is 0 Å². The van der Waals surface area contributed by atoms with Crippen molar-refractivity contribution in [1.29, 1.82) is 0 Å². The van der Waals surface area contributed by atoms with Crippen molar-refractivity contribution >= 4 is 5.97 Å². The normalized spacial score (nSPS) is 16.7. The van der Waals surface area contributed by atoms with E-state index in [1.54, 1.807) is 0 Å². The summed E-state index contributed by atoms with van der Waals surface area (Å²) in [6.07, 6.45) is 2.57. The molecule has 0 N–H and O–H groups in total. The molecule has 1 atom stereocenters. The van der Waals surface area contributed by atoms with Crippen molar-refractivity contribution in [2.24, 2.45) is 0 Å². The minimum Gasteiger partial charge on any atom is -0.494 e. The van der Waals surface area contributed by atoms with Gasteiger partial charge in [-0.25, -0.2) is 0 Å². The minimum atomic E-state index is -0.447. The Morgan fingerprint density at radius 3 is 2.51 bits per heavy atom. The Balaban J connectivity index is 1.49. The first-order chi connectivity index (χ1) is 16.7. The molecule has 1 heterocycles. The van der Waals surface area contributed by atoms with Crippen LogP contribution in [-0.4, -0.2) is 49.3 Å². The Hall–Kier alpha value is -2.57. The molecule has 0 amide bonds. The molecule has 1 aliphatic heterocycles. The standard InChI is InChI=1S/C29H41NO5/c1-6-7-17-32-24-10-8-23(9-11-24)21-34-25-12-13-26(22(2)19-25)27-20-30(16-18-33-27)15-14-28(31)35-29(3,4)5/h8-13,19,27H,6-7,14-18,20-21H2,1-5H3. The second-order valence-electron chi connectivity index (χ2n) is 10.1. The van der Waals surface area contributed by atoms with E-state index in [1.807, 2.05) is 51.1 Å². The van der Waals surface area contributed by atoms with Crippen LogP contribution in [0.15, 0.2) is 42.5 Å². The first-order valence-corrected chi connectivity index (χ1v) is 12.7. The van der Waals surface area contributed by atoms with E-state index in [-0.39, 0.29) is 12.1 Å². The molecule has 6 heteroatoms. The van der Waals surface area contributed by atoms with Crippen LogP contribution in [0.4, 0.5) is 0 Å². The lowest BCUT2D eigenvalue weighted by molar-refractivity contribution is -0.155. The van der Waals surface area contributed by atoms with Gasteiger partial charge in [0, 0.05) is 19.6 Å². The van der Waals surface area contributed by atoms with Gasteiger partial charge in [0.05, 0.1) is 25.7 Å². The number of unbranched alkanes of at least 4 members (excludes halogenated alkanes) is 1. The Morgan fingerprint density at radius 2 is 1.83 bits per heavy atom. The van der Waals surface area contributed by atoms with Crippen LogP contribution in [0.2, 0.25) is 0 Å². The molecule has 0 saturated carbocycles. The van der Waals surface area contributed by atoms with Gasteiger partial charge in [0.25, 0.3) is 0 Å². The molecule has 0 aliphatic carbocycles. The number of benzene rings is 2. The Kier molecular flexibility index (Phi) is 9.99. The monoisotopic (exact) mass is 483 g/mol. The van der Waals surface area contributed by atoms with Crippen molar-refractivity contribution in [1.82, 2.24) is 4.90 Å². The van der Waals surface area contributed by atoms with E-state index in [4.69, 9.17) is 18.9 Å². The number of aryl methyl sites for hydroxylation is 1. The molecule has 0 spiro atoms. The summed E-state index contributed by atoms with van der Waals surface area (Å²) in [6, 6.07) is 14.3. The molecule has 1 aliphatic rings. The first kappa shape index (κ1) is 27.0. The summed E-state index contributed by atoms with van der Waals surface area (Å²) < 4.78 is 23.3. The van der Waals surface area contributed by atoms with Crippen molar-refractivity contribution in [3.05, 3.63) is 59.2 Å². The highest BCUT2D eigenvalue weighted by molar-refractivity contribution is 5.70.